The molecule has 0 bridgehead atoms. The van der Waals surface area contributed by atoms with Gasteiger partial charge in [-0.15, -0.1) is 0 Å². The number of oxazole rings is 1. The predicted octanol–water partition coefficient (Wildman–Crippen LogP) is 1.25. The third kappa shape index (κ3) is 3.39. The van der Waals surface area contributed by atoms with Crippen molar-refractivity contribution in [1.29, 1.82) is 0 Å². The van der Waals surface area contributed by atoms with Crippen molar-refractivity contribution in [2.24, 2.45) is 0 Å². The van der Waals surface area contributed by atoms with E-state index in [0.29, 0.717) is 18.5 Å². The third-order valence-corrected chi connectivity index (χ3v) is 3.98. The average molecular weight is 288 g/mol. The molecule has 1 aliphatic rings. The Balaban J connectivity index is 1.60. The summed E-state index contributed by atoms with van der Waals surface area (Å²) >= 11 is 0. The quantitative estimate of drug-likeness (QED) is 0.828. The van der Waals surface area contributed by atoms with Crippen molar-refractivity contribution in [1.82, 2.24) is 19.7 Å². The minimum absolute atomic E-state index is 0.0322. The Morgan fingerprint density at radius 3 is 3.14 bits per heavy atom. The molecule has 1 atom stereocenters. The normalized spacial score (nSPS) is 19.2. The molecule has 0 aliphatic carbocycles. The maximum absolute atomic E-state index is 11.8. The fourth-order valence-electron chi connectivity index (χ4n) is 2.89. The molecule has 0 radical (unpaired) electrons. The number of aromatic nitrogens is 3. The number of aryl methyl sites for hydroxylation is 1. The van der Waals surface area contributed by atoms with Crippen LogP contribution in [0.3, 0.4) is 0 Å². The monoisotopic (exact) mass is 288 g/mol. The van der Waals surface area contributed by atoms with Crippen LogP contribution in [-0.4, -0.2) is 38.8 Å². The van der Waals surface area contributed by atoms with E-state index in [-0.39, 0.29) is 5.56 Å². The Kier molecular flexibility index (Phi) is 4.15. The zero-order chi connectivity index (χ0) is 14.7. The highest BCUT2D eigenvalue weighted by molar-refractivity contribution is 4.94. The molecule has 6 heteroatoms. The molecule has 6 nitrogen and oxygen atoms in total. The summed E-state index contributed by atoms with van der Waals surface area (Å²) in [6.45, 7) is 4.52. The lowest BCUT2D eigenvalue weighted by molar-refractivity contribution is 0.222. The van der Waals surface area contributed by atoms with Gasteiger partial charge in [0.2, 0.25) is 0 Å². The molecule has 2 aromatic rings. The van der Waals surface area contributed by atoms with E-state index in [1.807, 2.05) is 6.92 Å². The Morgan fingerprint density at radius 2 is 2.38 bits per heavy atom. The van der Waals surface area contributed by atoms with Crippen molar-refractivity contribution < 1.29 is 4.42 Å². The topological polar surface area (TPSA) is 64.2 Å². The summed E-state index contributed by atoms with van der Waals surface area (Å²) < 4.78 is 7.07. The van der Waals surface area contributed by atoms with Crippen molar-refractivity contribution in [2.45, 2.75) is 38.8 Å². The summed E-state index contributed by atoms with van der Waals surface area (Å²) in [5.41, 5.74) is -0.0322. The molecular weight excluding hydrogens is 268 g/mol. The van der Waals surface area contributed by atoms with E-state index < -0.39 is 0 Å². The van der Waals surface area contributed by atoms with E-state index in [0.717, 1.165) is 31.7 Å². The predicted molar refractivity (Wildman–Crippen MR) is 78.0 cm³/mol. The lowest BCUT2D eigenvalue weighted by Crippen LogP contribution is -2.37. The van der Waals surface area contributed by atoms with E-state index in [2.05, 4.69) is 15.0 Å². The molecule has 112 valence electrons. The smallest absolute Gasteiger partial charge is 0.266 e. The van der Waals surface area contributed by atoms with Gasteiger partial charge in [0.25, 0.3) is 5.56 Å². The number of hydrogen-bond donors (Lipinski definition) is 0. The van der Waals surface area contributed by atoms with Crippen molar-refractivity contribution in [3.8, 4) is 0 Å². The standard InChI is InChI=1S/C15H20N4O2/c1-12-16-10-14(21-12)6-9-18-8-3-4-13(18)11-19-15(20)5-2-7-17-19/h2,5,7,10,13H,3-4,6,8-9,11H2,1H3. The van der Waals surface area contributed by atoms with Gasteiger partial charge in [-0.25, -0.2) is 9.67 Å². The molecule has 1 unspecified atom stereocenters. The third-order valence-electron chi connectivity index (χ3n) is 3.98. The minimum atomic E-state index is -0.0322. The molecule has 0 spiro atoms. The maximum Gasteiger partial charge on any atom is 0.266 e. The summed E-state index contributed by atoms with van der Waals surface area (Å²) in [5.74, 6) is 1.64. The fourth-order valence-corrected chi connectivity index (χ4v) is 2.89. The van der Waals surface area contributed by atoms with Gasteiger partial charge in [0, 0.05) is 38.2 Å². The molecule has 3 heterocycles. The van der Waals surface area contributed by atoms with Crippen LogP contribution in [0.25, 0.3) is 0 Å². The van der Waals surface area contributed by atoms with E-state index >= 15 is 0 Å². The first-order valence-electron chi connectivity index (χ1n) is 7.40. The summed E-state index contributed by atoms with van der Waals surface area (Å²) in [4.78, 5) is 18.3. The van der Waals surface area contributed by atoms with Gasteiger partial charge < -0.3 is 4.42 Å². The SMILES string of the molecule is Cc1ncc(CCN2CCCC2Cn2ncccc2=O)o1. The molecule has 3 rings (SSSR count). The molecule has 0 saturated carbocycles. The highest BCUT2D eigenvalue weighted by Crippen LogP contribution is 2.18. The van der Waals surface area contributed by atoms with Gasteiger partial charge in [0.1, 0.15) is 5.76 Å². The van der Waals surface area contributed by atoms with Crippen LogP contribution in [-0.2, 0) is 13.0 Å². The number of nitrogens with zero attached hydrogens (tertiary/aromatic N) is 4. The van der Waals surface area contributed by atoms with Crippen LogP contribution in [0.2, 0.25) is 0 Å². The van der Waals surface area contributed by atoms with Gasteiger partial charge in [-0.2, -0.15) is 5.10 Å². The van der Waals surface area contributed by atoms with Crippen LogP contribution < -0.4 is 5.56 Å². The van der Waals surface area contributed by atoms with E-state index in [4.69, 9.17) is 4.42 Å². The molecule has 21 heavy (non-hydrogen) atoms. The molecular formula is C15H20N4O2. The lowest BCUT2D eigenvalue weighted by atomic mass is 10.2. The van der Waals surface area contributed by atoms with Crippen LogP contribution in [0.15, 0.2) is 33.7 Å². The molecule has 0 N–H and O–H groups in total. The number of hydrogen-bond acceptors (Lipinski definition) is 5. The molecule has 0 aromatic carbocycles. The molecule has 1 saturated heterocycles. The van der Waals surface area contributed by atoms with Crippen molar-refractivity contribution in [2.75, 3.05) is 13.1 Å². The largest absolute Gasteiger partial charge is 0.446 e. The van der Waals surface area contributed by atoms with Crippen molar-refractivity contribution >= 4 is 0 Å². The summed E-state index contributed by atoms with van der Waals surface area (Å²) in [6.07, 6.45) is 6.59. The van der Waals surface area contributed by atoms with Crippen LogP contribution in [0.1, 0.15) is 24.5 Å². The van der Waals surface area contributed by atoms with Gasteiger partial charge in [-0.3, -0.25) is 9.69 Å². The minimum Gasteiger partial charge on any atom is -0.446 e. The summed E-state index contributed by atoms with van der Waals surface area (Å²) in [7, 11) is 0. The lowest BCUT2D eigenvalue weighted by Gasteiger charge is -2.24. The highest BCUT2D eigenvalue weighted by Gasteiger charge is 2.25. The van der Waals surface area contributed by atoms with Gasteiger partial charge in [0.05, 0.1) is 12.7 Å². The first-order chi connectivity index (χ1) is 10.2. The average Bonchev–Trinajstić information content (AvgIpc) is 3.08. The second-order valence-electron chi connectivity index (χ2n) is 5.47. The fraction of sp³-hybridized carbons (Fsp3) is 0.533. The van der Waals surface area contributed by atoms with Crippen LogP contribution >= 0.6 is 0 Å². The van der Waals surface area contributed by atoms with E-state index in [1.54, 1.807) is 29.2 Å². The van der Waals surface area contributed by atoms with Gasteiger partial charge in [-0.05, 0) is 25.5 Å². The van der Waals surface area contributed by atoms with Crippen LogP contribution in [0.5, 0.6) is 0 Å². The van der Waals surface area contributed by atoms with Gasteiger partial charge in [0.15, 0.2) is 5.89 Å². The summed E-state index contributed by atoms with van der Waals surface area (Å²) in [6, 6.07) is 3.61. The maximum atomic E-state index is 11.8. The summed E-state index contributed by atoms with van der Waals surface area (Å²) in [5, 5.41) is 4.15. The zero-order valence-corrected chi connectivity index (χ0v) is 12.2. The first kappa shape index (κ1) is 14.0. The van der Waals surface area contributed by atoms with Crippen molar-refractivity contribution in [3.63, 3.8) is 0 Å². The van der Waals surface area contributed by atoms with Crippen LogP contribution in [0, 0.1) is 6.92 Å². The van der Waals surface area contributed by atoms with Gasteiger partial charge in [-0.1, -0.05) is 0 Å². The molecule has 1 aliphatic heterocycles. The number of rotatable bonds is 5. The Bertz CT molecular complexity index is 649. The Hall–Kier alpha value is -1.95. The zero-order valence-electron chi connectivity index (χ0n) is 12.2. The van der Waals surface area contributed by atoms with Crippen LogP contribution in [0.4, 0.5) is 0 Å². The van der Waals surface area contributed by atoms with Gasteiger partial charge >= 0.3 is 0 Å². The Labute approximate surface area is 123 Å². The second-order valence-corrected chi connectivity index (χ2v) is 5.47. The molecule has 2 aromatic heterocycles. The first-order valence-corrected chi connectivity index (χ1v) is 7.40. The van der Waals surface area contributed by atoms with E-state index in [1.165, 1.54) is 6.42 Å². The molecule has 1 fully saturated rings. The van der Waals surface area contributed by atoms with Crippen molar-refractivity contribution in [3.05, 3.63) is 46.5 Å². The Morgan fingerprint density at radius 1 is 1.48 bits per heavy atom. The van der Waals surface area contributed by atoms with E-state index in [9.17, 15) is 4.79 Å². The molecule has 0 amide bonds. The second kappa shape index (κ2) is 6.22. The highest BCUT2D eigenvalue weighted by atomic mass is 16.4. The number of likely N-dealkylation sites (tertiary alicyclic amines) is 1.